The van der Waals surface area contributed by atoms with E-state index in [1.807, 2.05) is 0 Å². The number of anilines is 1. The average molecular weight is 265 g/mol. The SMILES string of the molecule is COC(=O)/C=C(\Nc1cccc(OC)c1)C(=O)OC. The highest BCUT2D eigenvalue weighted by atomic mass is 16.5. The molecule has 0 atom stereocenters. The minimum absolute atomic E-state index is 0.0254. The molecule has 0 aromatic heterocycles. The quantitative estimate of drug-likeness (QED) is 0.639. The first kappa shape index (κ1) is 14.6. The first-order chi connectivity index (χ1) is 9.10. The Bertz CT molecular complexity index is 496. The van der Waals surface area contributed by atoms with Gasteiger partial charge in [0.1, 0.15) is 11.4 Å². The lowest BCUT2D eigenvalue weighted by atomic mass is 10.2. The summed E-state index contributed by atoms with van der Waals surface area (Å²) in [6, 6.07) is 6.89. The zero-order valence-corrected chi connectivity index (χ0v) is 10.9. The van der Waals surface area contributed by atoms with E-state index in [1.165, 1.54) is 21.3 Å². The Morgan fingerprint density at radius 2 is 1.89 bits per heavy atom. The van der Waals surface area contributed by atoms with Crippen molar-refractivity contribution in [3.63, 3.8) is 0 Å². The van der Waals surface area contributed by atoms with Crippen LogP contribution in [0.1, 0.15) is 0 Å². The predicted molar refractivity (Wildman–Crippen MR) is 68.7 cm³/mol. The van der Waals surface area contributed by atoms with Crippen molar-refractivity contribution in [2.45, 2.75) is 0 Å². The molecule has 0 unspecified atom stereocenters. The second-order valence-corrected chi connectivity index (χ2v) is 3.43. The summed E-state index contributed by atoms with van der Waals surface area (Å²) in [7, 11) is 3.98. The molecule has 19 heavy (non-hydrogen) atoms. The van der Waals surface area contributed by atoms with Crippen molar-refractivity contribution in [1.82, 2.24) is 0 Å². The fourth-order valence-electron chi connectivity index (χ4n) is 1.29. The van der Waals surface area contributed by atoms with Gasteiger partial charge in [0.15, 0.2) is 0 Å². The number of ether oxygens (including phenoxy) is 3. The number of methoxy groups -OCH3 is 3. The zero-order valence-electron chi connectivity index (χ0n) is 10.9. The van der Waals surface area contributed by atoms with Gasteiger partial charge in [-0.15, -0.1) is 0 Å². The maximum absolute atomic E-state index is 11.5. The van der Waals surface area contributed by atoms with Crippen molar-refractivity contribution >= 4 is 17.6 Å². The molecule has 0 radical (unpaired) electrons. The molecule has 0 bridgehead atoms. The summed E-state index contributed by atoms with van der Waals surface area (Å²) in [6.07, 6.45) is 1.02. The van der Waals surface area contributed by atoms with Crippen molar-refractivity contribution in [1.29, 1.82) is 0 Å². The molecule has 0 amide bonds. The fourth-order valence-corrected chi connectivity index (χ4v) is 1.29. The highest BCUT2D eigenvalue weighted by Gasteiger charge is 2.12. The molecule has 0 fully saturated rings. The second kappa shape index (κ2) is 7.05. The van der Waals surface area contributed by atoms with Crippen LogP contribution in [0.25, 0.3) is 0 Å². The highest BCUT2D eigenvalue weighted by Crippen LogP contribution is 2.18. The van der Waals surface area contributed by atoms with E-state index in [0.29, 0.717) is 11.4 Å². The van der Waals surface area contributed by atoms with E-state index in [4.69, 9.17) is 4.74 Å². The van der Waals surface area contributed by atoms with Gasteiger partial charge in [0.2, 0.25) is 0 Å². The van der Waals surface area contributed by atoms with Gasteiger partial charge in [0.25, 0.3) is 0 Å². The van der Waals surface area contributed by atoms with Crippen LogP contribution in [0.4, 0.5) is 5.69 Å². The standard InChI is InChI=1S/C13H15NO5/c1-17-10-6-4-5-9(7-10)14-11(13(16)19-3)8-12(15)18-2/h4-8,14H,1-3H3/b11-8-. The Morgan fingerprint density at radius 3 is 2.47 bits per heavy atom. The van der Waals surface area contributed by atoms with Gasteiger partial charge in [-0.25, -0.2) is 9.59 Å². The summed E-state index contributed by atoms with van der Waals surface area (Å²) in [5, 5.41) is 2.78. The minimum atomic E-state index is -0.673. The largest absolute Gasteiger partial charge is 0.497 e. The van der Waals surface area contributed by atoms with Crippen LogP contribution in [-0.2, 0) is 19.1 Å². The molecule has 1 aromatic rings. The van der Waals surface area contributed by atoms with E-state index in [2.05, 4.69) is 14.8 Å². The Morgan fingerprint density at radius 1 is 1.16 bits per heavy atom. The molecule has 0 aliphatic carbocycles. The summed E-state index contributed by atoms with van der Waals surface area (Å²) in [6.45, 7) is 0. The number of esters is 2. The number of rotatable bonds is 5. The monoisotopic (exact) mass is 265 g/mol. The topological polar surface area (TPSA) is 73.9 Å². The van der Waals surface area contributed by atoms with Crippen LogP contribution in [0.2, 0.25) is 0 Å². The maximum Gasteiger partial charge on any atom is 0.354 e. The number of nitrogens with one attached hydrogen (secondary N) is 1. The van der Waals surface area contributed by atoms with E-state index in [9.17, 15) is 9.59 Å². The van der Waals surface area contributed by atoms with Crippen LogP contribution in [0, 0.1) is 0 Å². The first-order valence-corrected chi connectivity index (χ1v) is 5.39. The van der Waals surface area contributed by atoms with E-state index in [1.54, 1.807) is 24.3 Å². The summed E-state index contributed by atoms with van der Waals surface area (Å²) >= 11 is 0. The number of benzene rings is 1. The predicted octanol–water partition coefficient (Wildman–Crippen LogP) is 1.34. The molecule has 0 heterocycles. The van der Waals surface area contributed by atoms with E-state index < -0.39 is 11.9 Å². The van der Waals surface area contributed by atoms with Crippen LogP contribution in [0.5, 0.6) is 5.75 Å². The van der Waals surface area contributed by atoms with Gasteiger partial charge in [-0.1, -0.05) is 6.07 Å². The van der Waals surface area contributed by atoms with Crippen molar-refractivity contribution in [2.24, 2.45) is 0 Å². The van der Waals surface area contributed by atoms with Crippen LogP contribution < -0.4 is 10.1 Å². The minimum Gasteiger partial charge on any atom is -0.497 e. The Balaban J connectivity index is 2.97. The van der Waals surface area contributed by atoms with Gasteiger partial charge < -0.3 is 19.5 Å². The smallest absolute Gasteiger partial charge is 0.354 e. The fraction of sp³-hybridized carbons (Fsp3) is 0.231. The van der Waals surface area contributed by atoms with Gasteiger partial charge in [-0.2, -0.15) is 0 Å². The molecule has 0 saturated carbocycles. The molecular formula is C13H15NO5. The van der Waals surface area contributed by atoms with Crippen LogP contribution >= 0.6 is 0 Å². The van der Waals surface area contributed by atoms with E-state index >= 15 is 0 Å². The van der Waals surface area contributed by atoms with Crippen molar-refractivity contribution in [3.8, 4) is 5.75 Å². The molecule has 0 spiro atoms. The average Bonchev–Trinajstić information content (AvgIpc) is 2.45. The van der Waals surface area contributed by atoms with Gasteiger partial charge in [0.05, 0.1) is 27.4 Å². The lowest BCUT2D eigenvalue weighted by Gasteiger charge is -2.10. The van der Waals surface area contributed by atoms with E-state index in [-0.39, 0.29) is 5.70 Å². The molecule has 102 valence electrons. The number of hydrogen-bond donors (Lipinski definition) is 1. The number of hydrogen-bond acceptors (Lipinski definition) is 6. The third-order valence-corrected chi connectivity index (χ3v) is 2.22. The van der Waals surface area contributed by atoms with Crippen LogP contribution in [0.15, 0.2) is 36.0 Å². The second-order valence-electron chi connectivity index (χ2n) is 3.43. The van der Waals surface area contributed by atoms with Crippen LogP contribution in [0.3, 0.4) is 0 Å². The normalized spacial score (nSPS) is 10.6. The van der Waals surface area contributed by atoms with Gasteiger partial charge in [-0.05, 0) is 12.1 Å². The molecule has 0 aliphatic heterocycles. The molecule has 6 nitrogen and oxygen atoms in total. The molecule has 1 rings (SSSR count). The summed E-state index contributed by atoms with van der Waals surface area (Å²) in [5.74, 6) is -0.712. The van der Waals surface area contributed by atoms with Crippen molar-refractivity contribution in [3.05, 3.63) is 36.0 Å². The van der Waals surface area contributed by atoms with Crippen molar-refractivity contribution < 1.29 is 23.8 Å². The zero-order chi connectivity index (χ0) is 14.3. The third kappa shape index (κ3) is 4.34. The Kier molecular flexibility index (Phi) is 5.40. The third-order valence-electron chi connectivity index (χ3n) is 2.22. The number of carbonyl (C=O) groups excluding carboxylic acids is 2. The lowest BCUT2D eigenvalue weighted by Crippen LogP contribution is -2.15. The molecule has 1 aromatic carbocycles. The summed E-state index contributed by atoms with van der Waals surface area (Å²) < 4.78 is 14.1. The van der Waals surface area contributed by atoms with Gasteiger partial charge >= 0.3 is 11.9 Å². The summed E-state index contributed by atoms with van der Waals surface area (Å²) in [5.41, 5.74) is 0.558. The molecular weight excluding hydrogens is 250 g/mol. The molecule has 0 saturated heterocycles. The first-order valence-electron chi connectivity index (χ1n) is 5.39. The van der Waals surface area contributed by atoms with Crippen molar-refractivity contribution in [2.75, 3.05) is 26.6 Å². The number of carbonyl (C=O) groups is 2. The van der Waals surface area contributed by atoms with Gasteiger partial charge in [0, 0.05) is 11.8 Å². The van der Waals surface area contributed by atoms with Gasteiger partial charge in [-0.3, -0.25) is 0 Å². The molecule has 1 N–H and O–H groups in total. The van der Waals surface area contributed by atoms with E-state index in [0.717, 1.165) is 6.08 Å². The molecule has 0 aliphatic rings. The highest BCUT2D eigenvalue weighted by molar-refractivity contribution is 5.98. The summed E-state index contributed by atoms with van der Waals surface area (Å²) in [4.78, 5) is 22.7. The Hall–Kier alpha value is -2.50. The lowest BCUT2D eigenvalue weighted by molar-refractivity contribution is -0.138. The Labute approximate surface area is 111 Å². The molecule has 6 heteroatoms. The van der Waals surface area contributed by atoms with Crippen LogP contribution in [-0.4, -0.2) is 33.3 Å². The maximum atomic E-state index is 11.5.